The highest BCUT2D eigenvalue weighted by Gasteiger charge is 2.23. The molecule has 0 aromatic heterocycles. The molecular formula is C22H26N4O4. The van der Waals surface area contributed by atoms with Gasteiger partial charge in [0.15, 0.2) is 0 Å². The Morgan fingerprint density at radius 1 is 0.933 bits per heavy atom. The highest BCUT2D eigenvalue weighted by Crippen LogP contribution is 2.31. The topological polar surface area (TPSA) is 88.0 Å². The number of morpholine rings is 1. The summed E-state index contributed by atoms with van der Waals surface area (Å²) >= 11 is 0. The van der Waals surface area contributed by atoms with Crippen LogP contribution in [0.4, 0.5) is 22.7 Å². The molecule has 2 aromatic carbocycles. The summed E-state index contributed by atoms with van der Waals surface area (Å²) in [6, 6.07) is 12.3. The Kier molecular flexibility index (Phi) is 6.13. The molecule has 4 rings (SSSR count). The van der Waals surface area contributed by atoms with Crippen molar-refractivity contribution < 1.29 is 14.5 Å². The monoisotopic (exact) mass is 410 g/mol. The first kappa shape index (κ1) is 20.2. The smallest absolute Gasteiger partial charge is 0.293 e. The number of nitrogens with zero attached hydrogens (tertiary/aromatic N) is 3. The van der Waals surface area contributed by atoms with E-state index in [1.807, 2.05) is 29.2 Å². The Morgan fingerprint density at radius 2 is 1.63 bits per heavy atom. The molecule has 0 aliphatic carbocycles. The van der Waals surface area contributed by atoms with Crippen molar-refractivity contribution in [2.45, 2.75) is 19.3 Å². The van der Waals surface area contributed by atoms with Gasteiger partial charge in [-0.2, -0.15) is 0 Å². The van der Waals surface area contributed by atoms with Gasteiger partial charge in [-0.15, -0.1) is 0 Å². The number of anilines is 3. The maximum atomic E-state index is 12.7. The van der Waals surface area contributed by atoms with Gasteiger partial charge in [-0.3, -0.25) is 14.9 Å². The van der Waals surface area contributed by atoms with Crippen molar-refractivity contribution in [3.05, 3.63) is 58.1 Å². The van der Waals surface area contributed by atoms with Crippen LogP contribution >= 0.6 is 0 Å². The molecular weight excluding hydrogens is 384 g/mol. The fourth-order valence-corrected chi connectivity index (χ4v) is 3.99. The minimum Gasteiger partial charge on any atom is -0.378 e. The van der Waals surface area contributed by atoms with Gasteiger partial charge < -0.3 is 19.9 Å². The third kappa shape index (κ3) is 4.54. The fraction of sp³-hybridized carbons (Fsp3) is 0.409. The third-order valence-electron chi connectivity index (χ3n) is 5.63. The molecule has 1 amide bonds. The van der Waals surface area contributed by atoms with Gasteiger partial charge in [-0.25, -0.2) is 0 Å². The first-order chi connectivity index (χ1) is 14.6. The first-order valence-electron chi connectivity index (χ1n) is 10.4. The predicted molar refractivity (Wildman–Crippen MR) is 117 cm³/mol. The molecule has 8 nitrogen and oxygen atoms in total. The van der Waals surface area contributed by atoms with Gasteiger partial charge in [0, 0.05) is 49.2 Å². The summed E-state index contributed by atoms with van der Waals surface area (Å²) in [5.41, 5.74) is 2.58. The number of rotatable bonds is 5. The number of ether oxygens (including phenoxy) is 1. The van der Waals surface area contributed by atoms with Gasteiger partial charge in [0.2, 0.25) is 0 Å². The molecule has 0 bridgehead atoms. The second-order valence-electron chi connectivity index (χ2n) is 7.61. The summed E-state index contributed by atoms with van der Waals surface area (Å²) < 4.78 is 5.37. The Hall–Kier alpha value is -3.13. The van der Waals surface area contributed by atoms with Crippen LogP contribution in [0.3, 0.4) is 0 Å². The minimum absolute atomic E-state index is 0.0211. The summed E-state index contributed by atoms with van der Waals surface area (Å²) in [4.78, 5) is 28.2. The maximum absolute atomic E-state index is 12.7. The van der Waals surface area contributed by atoms with Crippen LogP contribution in [0.15, 0.2) is 42.5 Å². The Morgan fingerprint density at radius 3 is 2.30 bits per heavy atom. The molecule has 0 saturated carbocycles. The number of hydrogen-bond donors (Lipinski definition) is 1. The molecule has 2 aliphatic heterocycles. The van der Waals surface area contributed by atoms with Gasteiger partial charge in [-0.1, -0.05) is 0 Å². The van der Waals surface area contributed by atoms with Crippen molar-refractivity contribution in [3.63, 3.8) is 0 Å². The van der Waals surface area contributed by atoms with Crippen molar-refractivity contribution in [3.8, 4) is 0 Å². The number of nitro groups is 1. The number of piperidine rings is 1. The van der Waals surface area contributed by atoms with Crippen LogP contribution in [0.5, 0.6) is 0 Å². The molecule has 2 aliphatic rings. The lowest BCUT2D eigenvalue weighted by atomic mass is 10.1. The van der Waals surface area contributed by atoms with Crippen molar-refractivity contribution in [2.24, 2.45) is 0 Å². The van der Waals surface area contributed by atoms with Crippen molar-refractivity contribution >= 4 is 28.7 Å². The van der Waals surface area contributed by atoms with Crippen molar-refractivity contribution in [2.75, 3.05) is 54.5 Å². The summed E-state index contributed by atoms with van der Waals surface area (Å²) in [5, 5.41) is 14.5. The van der Waals surface area contributed by atoms with Crippen LogP contribution < -0.4 is 15.1 Å². The summed E-state index contributed by atoms with van der Waals surface area (Å²) in [6.45, 7) is 4.73. The molecule has 2 heterocycles. The maximum Gasteiger partial charge on any atom is 0.293 e. The van der Waals surface area contributed by atoms with E-state index in [1.165, 1.54) is 6.07 Å². The quantitative estimate of drug-likeness (QED) is 0.598. The van der Waals surface area contributed by atoms with E-state index in [-0.39, 0.29) is 17.2 Å². The van der Waals surface area contributed by atoms with Crippen LogP contribution in [-0.2, 0) is 4.74 Å². The number of nitro benzene ring substituents is 1. The summed E-state index contributed by atoms with van der Waals surface area (Å²) in [5.74, 6) is -0.359. The lowest BCUT2D eigenvalue weighted by Crippen LogP contribution is -2.36. The second kappa shape index (κ2) is 9.13. The van der Waals surface area contributed by atoms with Gasteiger partial charge >= 0.3 is 0 Å². The zero-order valence-corrected chi connectivity index (χ0v) is 16.9. The van der Waals surface area contributed by atoms with E-state index in [9.17, 15) is 14.9 Å². The Balaban J connectivity index is 1.47. The summed E-state index contributed by atoms with van der Waals surface area (Å²) in [7, 11) is 0. The van der Waals surface area contributed by atoms with Gasteiger partial charge in [-0.05, 0) is 55.7 Å². The Bertz CT molecular complexity index is 904. The number of hydrogen-bond acceptors (Lipinski definition) is 6. The molecule has 0 unspecified atom stereocenters. The fourth-order valence-electron chi connectivity index (χ4n) is 3.99. The lowest BCUT2D eigenvalue weighted by Gasteiger charge is -2.29. The van der Waals surface area contributed by atoms with E-state index < -0.39 is 4.92 Å². The molecule has 8 heteroatoms. The molecule has 1 N–H and O–H groups in total. The van der Waals surface area contributed by atoms with E-state index in [4.69, 9.17) is 4.74 Å². The molecule has 2 aromatic rings. The SMILES string of the molecule is O=C(Nc1ccc(N2CCOCC2)cc1)c1ccc(N2CCCCC2)c([N+](=O)[O-])c1. The van der Waals surface area contributed by atoms with E-state index in [2.05, 4.69) is 10.2 Å². The van der Waals surface area contributed by atoms with Crippen molar-refractivity contribution in [1.29, 1.82) is 0 Å². The highest BCUT2D eigenvalue weighted by atomic mass is 16.6. The third-order valence-corrected chi connectivity index (χ3v) is 5.63. The lowest BCUT2D eigenvalue weighted by molar-refractivity contribution is -0.384. The minimum atomic E-state index is -0.405. The molecule has 30 heavy (non-hydrogen) atoms. The highest BCUT2D eigenvalue weighted by molar-refractivity contribution is 6.05. The van der Waals surface area contributed by atoms with Crippen LogP contribution in [0, 0.1) is 10.1 Å². The molecule has 0 spiro atoms. The van der Waals surface area contributed by atoms with Crippen LogP contribution in [0.2, 0.25) is 0 Å². The van der Waals surface area contributed by atoms with Gasteiger partial charge in [0.05, 0.1) is 18.1 Å². The predicted octanol–water partition coefficient (Wildman–Crippen LogP) is 3.67. The molecule has 0 radical (unpaired) electrons. The zero-order chi connectivity index (χ0) is 20.9. The average molecular weight is 410 g/mol. The van der Waals surface area contributed by atoms with E-state index in [1.54, 1.807) is 12.1 Å². The number of carbonyl (C=O) groups excluding carboxylic acids is 1. The van der Waals surface area contributed by atoms with E-state index in [0.717, 1.165) is 51.1 Å². The van der Waals surface area contributed by atoms with Crippen LogP contribution in [0.25, 0.3) is 0 Å². The number of carbonyl (C=O) groups is 1. The number of amides is 1. The van der Waals surface area contributed by atoms with E-state index in [0.29, 0.717) is 24.6 Å². The zero-order valence-electron chi connectivity index (χ0n) is 16.9. The Labute approximate surface area is 175 Å². The molecule has 158 valence electrons. The molecule has 2 saturated heterocycles. The average Bonchev–Trinajstić information content (AvgIpc) is 2.80. The van der Waals surface area contributed by atoms with Crippen molar-refractivity contribution in [1.82, 2.24) is 0 Å². The van der Waals surface area contributed by atoms with Gasteiger partial charge in [0.1, 0.15) is 5.69 Å². The molecule has 2 fully saturated rings. The van der Waals surface area contributed by atoms with E-state index >= 15 is 0 Å². The molecule has 0 atom stereocenters. The van der Waals surface area contributed by atoms with Crippen LogP contribution in [0.1, 0.15) is 29.6 Å². The standard InChI is InChI=1S/C22H26N4O4/c27-22(23-18-5-7-19(8-6-18)24-12-14-30-15-13-24)17-4-9-20(21(16-17)26(28)29)25-10-2-1-3-11-25/h4-9,16H,1-3,10-15H2,(H,23,27). The number of nitrogens with one attached hydrogen (secondary N) is 1. The first-order valence-corrected chi connectivity index (χ1v) is 10.4. The second-order valence-corrected chi connectivity index (χ2v) is 7.61. The van der Waals surface area contributed by atoms with Crippen LogP contribution in [-0.4, -0.2) is 50.2 Å². The number of benzene rings is 2. The summed E-state index contributed by atoms with van der Waals surface area (Å²) in [6.07, 6.45) is 3.20. The largest absolute Gasteiger partial charge is 0.378 e. The normalized spacial score (nSPS) is 16.9. The van der Waals surface area contributed by atoms with Gasteiger partial charge in [0.25, 0.3) is 11.6 Å².